The number of rotatable bonds is 4. The Labute approximate surface area is 188 Å². The Kier molecular flexibility index (Phi) is 6.74. The molecule has 8 nitrogen and oxygen atoms in total. The van der Waals surface area contributed by atoms with Crippen LogP contribution in [0.15, 0.2) is 0 Å². The van der Waals surface area contributed by atoms with Crippen molar-refractivity contribution in [3.63, 3.8) is 0 Å². The van der Waals surface area contributed by atoms with Crippen LogP contribution in [0.5, 0.6) is 0 Å². The molecule has 3 atom stereocenters. The van der Waals surface area contributed by atoms with Crippen LogP contribution in [0.1, 0.15) is 36.1 Å². The van der Waals surface area contributed by atoms with Gasteiger partial charge in [0, 0.05) is 37.6 Å². The fourth-order valence-electron chi connectivity index (χ4n) is 5.55. The van der Waals surface area contributed by atoms with Gasteiger partial charge in [0.15, 0.2) is 0 Å². The first-order valence-electron chi connectivity index (χ1n) is 11.5. The highest BCUT2D eigenvalue weighted by atomic mass is 32.1. The summed E-state index contributed by atoms with van der Waals surface area (Å²) >= 11 is 1.60. The van der Waals surface area contributed by atoms with Gasteiger partial charge in [0.1, 0.15) is 5.00 Å². The van der Waals surface area contributed by atoms with Crippen LogP contribution in [-0.4, -0.2) is 79.5 Å². The third-order valence-electron chi connectivity index (χ3n) is 7.36. The van der Waals surface area contributed by atoms with E-state index < -0.39 is 0 Å². The number of likely N-dealkylation sites (N-methyl/N-ethyl adjacent to an activating group) is 1. The number of fused-ring (bicyclic) bond motifs is 2. The maximum Gasteiger partial charge on any atom is 0.323 e. The fourth-order valence-corrected chi connectivity index (χ4v) is 6.62. The molecular formula is C22H36N6O2S. The highest BCUT2D eigenvalue weighted by Crippen LogP contribution is 2.44. The number of imide groups is 1. The first-order chi connectivity index (χ1) is 14.8. The van der Waals surface area contributed by atoms with Crippen LogP contribution in [-0.2, 0) is 17.6 Å². The summed E-state index contributed by atoms with van der Waals surface area (Å²) in [6.45, 7) is 4.30. The van der Waals surface area contributed by atoms with Gasteiger partial charge in [0.25, 0.3) is 0 Å². The molecular weight excluding hydrogens is 412 g/mol. The van der Waals surface area contributed by atoms with Crippen LogP contribution in [0.25, 0.3) is 0 Å². The zero-order chi connectivity index (χ0) is 22.1. The van der Waals surface area contributed by atoms with Crippen LogP contribution in [0, 0.1) is 11.8 Å². The minimum absolute atomic E-state index is 0.0932. The highest BCUT2D eigenvalue weighted by molar-refractivity contribution is 7.16. The molecule has 3 amide bonds. The van der Waals surface area contributed by atoms with Crippen LogP contribution in [0.2, 0.25) is 0 Å². The molecule has 0 unspecified atom stereocenters. The minimum atomic E-state index is -0.299. The summed E-state index contributed by atoms with van der Waals surface area (Å²) in [4.78, 5) is 32.9. The quantitative estimate of drug-likeness (QED) is 0.646. The maximum atomic E-state index is 13.1. The van der Waals surface area contributed by atoms with E-state index in [1.54, 1.807) is 18.4 Å². The van der Waals surface area contributed by atoms with Crippen LogP contribution < -0.4 is 16.8 Å². The summed E-state index contributed by atoms with van der Waals surface area (Å²) in [5.41, 5.74) is 14.2. The zero-order valence-electron chi connectivity index (χ0n) is 18.7. The molecule has 0 aromatic carbocycles. The van der Waals surface area contributed by atoms with E-state index in [0.29, 0.717) is 30.1 Å². The largest absolute Gasteiger partial charge is 0.396 e. The third-order valence-corrected chi connectivity index (χ3v) is 8.46. The van der Waals surface area contributed by atoms with E-state index in [9.17, 15) is 9.59 Å². The second kappa shape index (κ2) is 9.34. The first kappa shape index (κ1) is 22.4. The first-order valence-corrected chi connectivity index (χ1v) is 12.3. The molecule has 9 heteroatoms. The van der Waals surface area contributed by atoms with Gasteiger partial charge >= 0.3 is 6.03 Å². The molecule has 2 aliphatic heterocycles. The molecule has 5 N–H and O–H groups in total. The van der Waals surface area contributed by atoms with Crippen LogP contribution >= 0.6 is 11.3 Å². The van der Waals surface area contributed by atoms with Crippen molar-refractivity contribution in [1.29, 1.82) is 0 Å². The van der Waals surface area contributed by atoms with Gasteiger partial charge in [0.2, 0.25) is 5.91 Å². The third kappa shape index (κ3) is 4.68. The zero-order valence-corrected chi connectivity index (χ0v) is 19.5. The monoisotopic (exact) mass is 448 g/mol. The van der Waals surface area contributed by atoms with Gasteiger partial charge in [0.05, 0.1) is 11.6 Å². The van der Waals surface area contributed by atoms with Crippen molar-refractivity contribution in [3.05, 3.63) is 10.4 Å². The van der Waals surface area contributed by atoms with Gasteiger partial charge in [-0.05, 0) is 63.7 Å². The van der Waals surface area contributed by atoms with Crippen molar-refractivity contribution in [2.75, 3.05) is 58.3 Å². The van der Waals surface area contributed by atoms with Gasteiger partial charge in [-0.15, -0.1) is 11.3 Å². The predicted molar refractivity (Wildman–Crippen MR) is 125 cm³/mol. The van der Waals surface area contributed by atoms with Crippen molar-refractivity contribution < 1.29 is 9.59 Å². The number of thiophene rings is 1. The van der Waals surface area contributed by atoms with E-state index in [4.69, 9.17) is 11.5 Å². The van der Waals surface area contributed by atoms with E-state index in [1.807, 2.05) is 0 Å². The number of nitrogen functional groups attached to an aromatic ring is 2. The minimum Gasteiger partial charge on any atom is -0.396 e. The average Bonchev–Trinajstić information content (AvgIpc) is 3.05. The number of anilines is 2. The van der Waals surface area contributed by atoms with Crippen molar-refractivity contribution in [3.8, 4) is 0 Å². The van der Waals surface area contributed by atoms with Crippen LogP contribution in [0.3, 0.4) is 0 Å². The van der Waals surface area contributed by atoms with Gasteiger partial charge < -0.3 is 26.6 Å². The number of likely N-dealkylation sites (tertiary alicyclic amines) is 2. The molecule has 1 aliphatic carbocycles. The Morgan fingerprint density at radius 1 is 1.19 bits per heavy atom. The molecule has 3 aliphatic rings. The number of nitrogens with one attached hydrogen (secondary N) is 1. The number of nitrogens with two attached hydrogens (primary N) is 2. The molecule has 1 aromatic rings. The molecule has 0 saturated carbocycles. The molecule has 172 valence electrons. The lowest BCUT2D eigenvalue weighted by atomic mass is 9.74. The van der Waals surface area contributed by atoms with E-state index in [1.165, 1.54) is 34.6 Å². The highest BCUT2D eigenvalue weighted by Gasteiger charge is 2.42. The summed E-state index contributed by atoms with van der Waals surface area (Å²) in [6.07, 6.45) is 6.35. The van der Waals surface area contributed by atoms with Gasteiger partial charge in [-0.1, -0.05) is 6.42 Å². The summed E-state index contributed by atoms with van der Waals surface area (Å²) in [7, 11) is 3.68. The molecule has 4 rings (SSSR count). The molecule has 0 spiro atoms. The number of amides is 3. The van der Waals surface area contributed by atoms with E-state index in [0.717, 1.165) is 44.6 Å². The molecule has 0 bridgehead atoms. The topological polar surface area (TPSA) is 108 Å². The lowest BCUT2D eigenvalue weighted by Crippen LogP contribution is -2.54. The molecule has 2 saturated heterocycles. The van der Waals surface area contributed by atoms with Crippen molar-refractivity contribution in [2.45, 2.75) is 44.6 Å². The van der Waals surface area contributed by atoms with Gasteiger partial charge in [-0.2, -0.15) is 0 Å². The Balaban J connectivity index is 1.32. The van der Waals surface area contributed by atoms with Crippen molar-refractivity contribution in [1.82, 2.24) is 20.0 Å². The standard InChI is InChI=1S/C22H36N6O2S/c1-26-13-15(10-14-11-16-18(12-17(14)26)31-20(24)19(16)23)21(29)27(2)22(30)25-6-9-28-7-4-3-5-8-28/h14-15,17H,3-13,23-24H2,1-2H3,(H,25,30)/t14-,15-,17-/m1/s1. The smallest absolute Gasteiger partial charge is 0.323 e. The molecule has 0 radical (unpaired) electrons. The van der Waals surface area contributed by atoms with E-state index in [-0.39, 0.29) is 17.9 Å². The predicted octanol–water partition coefficient (Wildman–Crippen LogP) is 1.60. The molecule has 31 heavy (non-hydrogen) atoms. The lowest BCUT2D eigenvalue weighted by Gasteiger charge is -2.45. The maximum absolute atomic E-state index is 13.1. The Hall–Kier alpha value is -1.84. The van der Waals surface area contributed by atoms with Gasteiger partial charge in [-0.3, -0.25) is 9.69 Å². The Bertz CT molecular complexity index is 821. The van der Waals surface area contributed by atoms with Crippen molar-refractivity contribution in [2.24, 2.45) is 11.8 Å². The summed E-state index contributed by atoms with van der Waals surface area (Å²) < 4.78 is 0. The van der Waals surface area contributed by atoms with Crippen LogP contribution in [0.4, 0.5) is 15.5 Å². The molecule has 1 aromatic heterocycles. The number of carbonyl (C=O) groups excluding carboxylic acids is 2. The summed E-state index contributed by atoms with van der Waals surface area (Å²) in [6, 6.07) is 0.102. The Morgan fingerprint density at radius 3 is 2.68 bits per heavy atom. The number of urea groups is 1. The van der Waals surface area contributed by atoms with E-state index >= 15 is 0 Å². The van der Waals surface area contributed by atoms with Crippen molar-refractivity contribution >= 4 is 34.0 Å². The second-order valence-electron chi connectivity index (χ2n) is 9.42. The molecule has 3 heterocycles. The van der Waals surface area contributed by atoms with E-state index in [2.05, 4.69) is 22.2 Å². The summed E-state index contributed by atoms with van der Waals surface area (Å²) in [5.74, 6) is 0.0827. The number of hydrogen-bond donors (Lipinski definition) is 3. The number of hydrogen-bond acceptors (Lipinski definition) is 7. The van der Waals surface area contributed by atoms with Gasteiger partial charge in [-0.25, -0.2) is 4.79 Å². The SMILES string of the molecule is CN(C(=O)NCCN1CCCCC1)C(=O)[C@@H]1C[C@@H]2Cc3c(sc(N)c3N)C[C@H]2N(C)C1. The lowest BCUT2D eigenvalue weighted by molar-refractivity contribution is -0.134. The number of piperidine rings is 2. The Morgan fingerprint density at radius 2 is 1.94 bits per heavy atom. The average molecular weight is 449 g/mol. The summed E-state index contributed by atoms with van der Waals surface area (Å²) in [5, 5.41) is 3.63. The fraction of sp³-hybridized carbons (Fsp3) is 0.727. The normalized spacial score (nSPS) is 26.7. The number of carbonyl (C=O) groups is 2. The number of nitrogens with zero attached hydrogens (tertiary/aromatic N) is 3. The molecule has 2 fully saturated rings. The second-order valence-corrected chi connectivity index (χ2v) is 10.6.